The van der Waals surface area contributed by atoms with E-state index in [1.807, 2.05) is 46.8 Å². The molecule has 2 aliphatic rings. The van der Waals surface area contributed by atoms with Gasteiger partial charge in [-0.2, -0.15) is 0 Å². The number of phenols is 1. The molecule has 0 radical (unpaired) electrons. The number of nitrogens with zero attached hydrogens (tertiary/aromatic N) is 2. The van der Waals surface area contributed by atoms with Gasteiger partial charge in [-0.3, -0.25) is 29.0 Å². The van der Waals surface area contributed by atoms with Gasteiger partial charge in [0.2, 0.25) is 17.7 Å². The molecule has 2 unspecified atom stereocenters. The van der Waals surface area contributed by atoms with Crippen LogP contribution in [-0.2, 0) is 39.9 Å². The topological polar surface area (TPSA) is 195 Å². The van der Waals surface area contributed by atoms with Crippen molar-refractivity contribution in [2.75, 3.05) is 19.6 Å². The summed E-state index contributed by atoms with van der Waals surface area (Å²) in [6.45, 7) is 15.9. The van der Waals surface area contributed by atoms with E-state index in [0.29, 0.717) is 50.8 Å². The van der Waals surface area contributed by atoms with Crippen LogP contribution < -0.4 is 16.1 Å². The molecular weight excluding hydrogens is 767 g/mol. The van der Waals surface area contributed by atoms with Crippen LogP contribution in [0.25, 0.3) is 0 Å². The maximum absolute atomic E-state index is 14.4. The van der Waals surface area contributed by atoms with Gasteiger partial charge in [-0.1, -0.05) is 64.1 Å². The number of allylic oxidation sites excluding steroid dienone is 4. The largest absolute Gasteiger partial charge is 0.508 e. The van der Waals surface area contributed by atoms with Crippen LogP contribution in [0.3, 0.4) is 0 Å². The molecule has 5 N–H and O–H groups in total. The van der Waals surface area contributed by atoms with Gasteiger partial charge < -0.3 is 35.3 Å². The van der Waals surface area contributed by atoms with Crippen LogP contribution >= 0.6 is 0 Å². The number of esters is 1. The lowest BCUT2D eigenvalue weighted by Gasteiger charge is -2.36. The predicted octanol–water partition coefficient (Wildman–Crippen LogP) is 4.70. The number of hydrazine groups is 1. The molecule has 8 atom stereocenters. The third kappa shape index (κ3) is 15.3. The molecule has 1 saturated heterocycles. The van der Waals surface area contributed by atoms with Gasteiger partial charge in [0.25, 0.3) is 5.91 Å². The third-order valence-electron chi connectivity index (χ3n) is 11.4. The number of Topliss-reactive ketones (excluding diaryl/α,β-unsaturated/α-hetero) is 1. The number of rotatable bonds is 11. The number of fused-ring (bicyclic) bond motifs is 2. The lowest BCUT2D eigenvalue weighted by Crippen LogP contribution is -2.62. The smallest absolute Gasteiger partial charge is 0.325 e. The quantitative estimate of drug-likeness (QED) is 0.0904. The van der Waals surface area contributed by atoms with Crippen molar-refractivity contribution in [2.24, 2.45) is 23.7 Å². The summed E-state index contributed by atoms with van der Waals surface area (Å²) in [6, 6.07) is 3.19. The first-order valence-electron chi connectivity index (χ1n) is 21.6. The summed E-state index contributed by atoms with van der Waals surface area (Å²) in [5.74, 6) is -4.29. The van der Waals surface area contributed by atoms with E-state index in [1.165, 1.54) is 30.1 Å². The number of nitrogens with one attached hydrogen (secondary N) is 3. The molecule has 0 aromatic heterocycles. The van der Waals surface area contributed by atoms with Crippen LogP contribution in [0.5, 0.6) is 5.75 Å². The Kier molecular flexibility index (Phi) is 20.2. The minimum absolute atomic E-state index is 0.00967. The molecule has 14 heteroatoms. The first-order valence-corrected chi connectivity index (χ1v) is 21.6. The van der Waals surface area contributed by atoms with Crippen molar-refractivity contribution < 1.29 is 43.7 Å². The number of phenolic OH excluding ortho intramolecular Hbond substituents is 1. The van der Waals surface area contributed by atoms with Crippen LogP contribution in [0, 0.1) is 23.7 Å². The zero-order valence-corrected chi connectivity index (χ0v) is 36.8. The van der Waals surface area contributed by atoms with Crippen molar-refractivity contribution in [1.29, 1.82) is 0 Å². The van der Waals surface area contributed by atoms with Crippen molar-refractivity contribution in [1.82, 2.24) is 26.0 Å². The Morgan fingerprint density at radius 1 is 1.02 bits per heavy atom. The van der Waals surface area contributed by atoms with Crippen molar-refractivity contribution in [3.05, 3.63) is 65.8 Å². The maximum Gasteiger partial charge on any atom is 0.325 e. The van der Waals surface area contributed by atoms with E-state index in [9.17, 15) is 39.0 Å². The minimum Gasteiger partial charge on any atom is -0.508 e. The molecule has 1 fully saturated rings. The second kappa shape index (κ2) is 24.4. The number of carbonyl (C=O) groups is 6. The number of aliphatic hydroxyl groups is 1. The van der Waals surface area contributed by atoms with Crippen molar-refractivity contribution in [3.63, 3.8) is 0 Å². The fourth-order valence-electron chi connectivity index (χ4n) is 7.51. The molecule has 0 saturated carbocycles. The van der Waals surface area contributed by atoms with Gasteiger partial charge >= 0.3 is 5.97 Å². The molecule has 2 heterocycles. The fourth-order valence-corrected chi connectivity index (χ4v) is 7.51. The van der Waals surface area contributed by atoms with E-state index < -0.39 is 65.9 Å². The Balaban J connectivity index is 2.05. The van der Waals surface area contributed by atoms with Crippen molar-refractivity contribution in [3.8, 4) is 5.75 Å². The maximum atomic E-state index is 14.4. The number of hydrogen-bond donors (Lipinski definition) is 5. The highest BCUT2D eigenvalue weighted by molar-refractivity contribution is 5.93. The number of hydrogen-bond acceptors (Lipinski definition) is 10. The van der Waals surface area contributed by atoms with E-state index in [-0.39, 0.29) is 55.1 Å². The molecular formula is C46H69N5O9. The van der Waals surface area contributed by atoms with Crippen molar-refractivity contribution in [2.45, 2.75) is 137 Å². The third-order valence-corrected chi connectivity index (χ3v) is 11.4. The normalized spacial score (nSPS) is 27.6. The summed E-state index contributed by atoms with van der Waals surface area (Å²) in [4.78, 5) is 82.7. The number of aliphatic hydroxyl groups excluding tert-OH is 1. The Bertz CT molecular complexity index is 1720. The molecule has 60 heavy (non-hydrogen) atoms. The van der Waals surface area contributed by atoms with Gasteiger partial charge in [0, 0.05) is 38.6 Å². The van der Waals surface area contributed by atoms with E-state index in [2.05, 4.69) is 16.1 Å². The zero-order chi connectivity index (χ0) is 44.5. The highest BCUT2D eigenvalue weighted by atomic mass is 16.5. The van der Waals surface area contributed by atoms with Crippen LogP contribution in [0.15, 0.2) is 60.2 Å². The van der Waals surface area contributed by atoms with Gasteiger partial charge in [0.1, 0.15) is 35.8 Å². The number of cyclic esters (lactones) is 1. The average Bonchev–Trinajstić information content (AvgIpc) is 3.20. The van der Waals surface area contributed by atoms with Crippen LogP contribution in [0.4, 0.5) is 0 Å². The second-order valence-corrected chi connectivity index (χ2v) is 16.8. The lowest BCUT2D eigenvalue weighted by molar-refractivity contribution is -0.156. The number of aromatic hydroxyl groups is 1. The Labute approximate surface area is 356 Å². The summed E-state index contributed by atoms with van der Waals surface area (Å²) in [5, 5.41) is 28.8. The van der Waals surface area contributed by atoms with E-state index in [1.54, 1.807) is 43.0 Å². The first kappa shape index (κ1) is 49.5. The van der Waals surface area contributed by atoms with E-state index >= 15 is 0 Å². The van der Waals surface area contributed by atoms with Crippen LogP contribution in [-0.4, -0.2) is 105 Å². The number of amides is 4. The molecule has 1 aromatic carbocycles. The van der Waals surface area contributed by atoms with Gasteiger partial charge in [0.05, 0.1) is 12.0 Å². The molecule has 0 spiro atoms. The summed E-state index contributed by atoms with van der Waals surface area (Å²) in [7, 11) is 0. The van der Waals surface area contributed by atoms with Gasteiger partial charge in [-0.25, -0.2) is 5.43 Å². The first-order chi connectivity index (χ1) is 28.4. The highest BCUT2D eigenvalue weighted by Crippen LogP contribution is 2.25. The monoisotopic (exact) mass is 836 g/mol. The van der Waals surface area contributed by atoms with E-state index in [4.69, 9.17) is 4.74 Å². The van der Waals surface area contributed by atoms with Gasteiger partial charge in [-0.05, 0) is 107 Å². The molecule has 3 rings (SSSR count). The highest BCUT2D eigenvalue weighted by Gasteiger charge is 2.38. The van der Waals surface area contributed by atoms with Crippen molar-refractivity contribution >= 4 is 35.4 Å². The Morgan fingerprint density at radius 3 is 2.37 bits per heavy atom. The molecule has 1 aromatic rings. The zero-order valence-electron chi connectivity index (χ0n) is 36.8. The fraction of sp³-hybridized carbons (Fsp3) is 0.609. The summed E-state index contributed by atoms with van der Waals surface area (Å²) >= 11 is 0. The Morgan fingerprint density at radius 2 is 1.72 bits per heavy atom. The summed E-state index contributed by atoms with van der Waals surface area (Å²) < 4.78 is 6.19. The Hall–Kier alpha value is -4.82. The summed E-state index contributed by atoms with van der Waals surface area (Å²) in [5.41, 5.74) is 4.36. The number of benzene rings is 1. The van der Waals surface area contributed by atoms with Gasteiger partial charge in [-0.15, -0.1) is 0 Å². The standard InChI is InChI=1S/C46H69N5O9/c1-9-50(10-2)40(54)22-13-18-31(6)39-26-30(5)16-11-12-17-32(7)42(55)36(24-23-33(8)52)43(56)48-41(29(3)4)44(57)47-38(28-34-19-14-20-35(53)27-34)45(58)51-25-15-21-37(49-51)46(59)60-39/h11-14,18-20,22,27,29-30,32,36-39,41-42,49,53,55H,9-10,15-17,21,23-26,28H2,1-8H3,(H,47,57)(H,48,56)/b12-11+,22-13+,31-18+/t30?,32-,36+,37?,38-,39-,41-,42+/m0/s1. The molecule has 2 aliphatic heterocycles. The second-order valence-electron chi connectivity index (χ2n) is 16.8. The lowest BCUT2D eigenvalue weighted by atomic mass is 9.85. The molecule has 332 valence electrons. The number of likely N-dealkylation sites (N-methyl/N-ethyl adjacent to an activating group) is 1. The number of ketones is 1. The van der Waals surface area contributed by atoms with E-state index in [0.717, 1.165) is 5.57 Å². The number of carbonyl (C=O) groups excluding carboxylic acids is 6. The SMILES string of the molecule is CCN(CC)C(=O)/C=C/C=C(\C)[C@@H]1CC(C)C/C=C/C[C@H](C)[C@@H](O)[C@@H](CCC(C)=O)C(=O)N[C@@H](C(C)C)C(=O)N[C@@H](Cc2cccc(O)c2)C(=O)N2CCCC(N2)C(=O)O1. The molecule has 4 amide bonds. The predicted molar refractivity (Wildman–Crippen MR) is 230 cm³/mol. The average molecular weight is 836 g/mol. The molecule has 2 bridgehead atoms. The minimum atomic E-state index is -1.17. The summed E-state index contributed by atoms with van der Waals surface area (Å²) in [6.07, 6.45) is 9.66. The molecule has 0 aliphatic carbocycles. The number of ether oxygens (including phenoxy) is 1. The molecule has 14 nitrogen and oxygen atoms in total. The van der Waals surface area contributed by atoms with Gasteiger partial charge in [0.15, 0.2) is 0 Å². The van der Waals surface area contributed by atoms with Crippen LogP contribution in [0.1, 0.15) is 106 Å². The van der Waals surface area contributed by atoms with Crippen LogP contribution in [0.2, 0.25) is 0 Å².